The van der Waals surface area contributed by atoms with Crippen LogP contribution in [0.3, 0.4) is 0 Å². The number of aliphatic hydroxyl groups excluding tert-OH is 1. The van der Waals surface area contributed by atoms with Crippen LogP contribution < -0.4 is 59.7 Å². The van der Waals surface area contributed by atoms with Crippen molar-refractivity contribution < 1.29 is 72.9 Å². The summed E-state index contributed by atoms with van der Waals surface area (Å²) in [6, 6.07) is -12.4. The summed E-state index contributed by atoms with van der Waals surface area (Å²) in [5.74, 6) is -12.2. The van der Waals surface area contributed by atoms with Gasteiger partial charge in [-0.3, -0.25) is 52.7 Å². The molecular weight excluding hydrogens is 981 g/mol. The van der Waals surface area contributed by atoms with Crippen molar-refractivity contribution in [1.29, 1.82) is 0 Å². The minimum atomic E-state index is -1.79. The average Bonchev–Trinajstić information content (AvgIpc) is 3.82. The number of unbranched alkanes of at least 4 members (excludes halogenated alkanes) is 1. The van der Waals surface area contributed by atoms with Gasteiger partial charge in [-0.05, 0) is 89.2 Å². The van der Waals surface area contributed by atoms with Crippen LogP contribution in [0.4, 0.5) is 0 Å². The van der Waals surface area contributed by atoms with Crippen LogP contribution in [0.5, 0.6) is 0 Å². The number of amides is 10. The summed E-state index contributed by atoms with van der Waals surface area (Å²) in [6.07, 6.45) is 0.260. The lowest BCUT2D eigenvalue weighted by atomic mass is 9.99. The third-order valence-electron chi connectivity index (χ3n) is 12.0. The molecule has 0 saturated carbocycles. The zero-order valence-electron chi connectivity index (χ0n) is 42.7. The van der Waals surface area contributed by atoms with E-state index in [1.54, 1.807) is 13.2 Å². The smallest absolute Gasteiger partial charge is 0.326 e. The van der Waals surface area contributed by atoms with Crippen LogP contribution in [-0.4, -0.2) is 183 Å². The van der Waals surface area contributed by atoms with Crippen molar-refractivity contribution in [2.75, 3.05) is 31.6 Å². The van der Waals surface area contributed by atoms with Crippen LogP contribution in [0.2, 0.25) is 0 Å². The van der Waals surface area contributed by atoms with Gasteiger partial charge in [-0.15, -0.1) is 0 Å². The number of hydrogen-bond acceptors (Lipinski definition) is 16. The first-order chi connectivity index (χ1) is 34.2. The second kappa shape index (κ2) is 32.8. The number of hydrogen-bond donors (Lipinski definition) is 14. The highest BCUT2D eigenvalue weighted by Gasteiger charge is 2.41. The molecule has 1 saturated heterocycles. The van der Waals surface area contributed by atoms with Crippen molar-refractivity contribution in [2.45, 2.75) is 166 Å². The van der Waals surface area contributed by atoms with Gasteiger partial charge in [0.1, 0.15) is 48.3 Å². The Labute approximate surface area is 428 Å². The Kier molecular flexibility index (Phi) is 29.2. The number of primary amides is 1. The number of aliphatic hydroxyl groups is 1. The molecule has 1 aliphatic heterocycles. The fourth-order valence-corrected chi connectivity index (χ4v) is 7.83. The van der Waals surface area contributed by atoms with Crippen LogP contribution in [0.15, 0.2) is 0 Å². The lowest BCUT2D eigenvalue weighted by Gasteiger charge is -2.31. The molecule has 0 aromatic heterocycles. The van der Waals surface area contributed by atoms with Crippen molar-refractivity contribution >= 4 is 82.8 Å². The predicted molar refractivity (Wildman–Crippen MR) is 265 cm³/mol. The molecule has 73 heavy (non-hydrogen) atoms. The van der Waals surface area contributed by atoms with E-state index in [1.807, 2.05) is 6.92 Å². The molecule has 10 amide bonds. The molecule has 0 spiro atoms. The zero-order valence-corrected chi connectivity index (χ0v) is 43.5. The molecule has 17 N–H and O–H groups in total. The average molecular weight is 1060 g/mol. The van der Waals surface area contributed by atoms with Gasteiger partial charge in [0.05, 0.1) is 25.1 Å². The van der Waals surface area contributed by atoms with Crippen LogP contribution in [0.1, 0.15) is 106 Å². The number of carbonyl (C=O) groups excluding carboxylic acids is 10. The maximum Gasteiger partial charge on any atom is 0.326 e. The number of rotatable bonds is 34. The van der Waals surface area contributed by atoms with E-state index >= 15 is 0 Å². The summed E-state index contributed by atoms with van der Waals surface area (Å²) in [5, 5.41) is 48.9. The zero-order chi connectivity index (χ0) is 55.7. The first kappa shape index (κ1) is 64.9. The number of nitrogens with two attached hydrogens (primary N) is 3. The highest BCUT2D eigenvalue weighted by molar-refractivity contribution is 7.98. The third kappa shape index (κ3) is 22.7. The second-order valence-electron chi connectivity index (χ2n) is 18.3. The summed E-state index contributed by atoms with van der Waals surface area (Å²) in [4.78, 5) is 157. The number of carbonyl (C=O) groups is 12. The molecular formula is C45H78N12O15S. The van der Waals surface area contributed by atoms with Gasteiger partial charge in [-0.1, -0.05) is 34.1 Å². The van der Waals surface area contributed by atoms with Gasteiger partial charge in [-0.25, -0.2) is 4.79 Å². The minimum absolute atomic E-state index is 0.0174. The number of aliphatic carboxylic acids is 2. The van der Waals surface area contributed by atoms with E-state index in [-0.39, 0.29) is 38.1 Å². The van der Waals surface area contributed by atoms with Gasteiger partial charge in [0.15, 0.2) is 0 Å². The molecule has 1 fully saturated rings. The third-order valence-corrected chi connectivity index (χ3v) is 12.7. The van der Waals surface area contributed by atoms with Gasteiger partial charge in [0.2, 0.25) is 59.1 Å². The van der Waals surface area contributed by atoms with Crippen LogP contribution in [0.25, 0.3) is 0 Å². The predicted octanol–water partition coefficient (Wildman–Crippen LogP) is -4.38. The largest absolute Gasteiger partial charge is 0.481 e. The van der Waals surface area contributed by atoms with Crippen LogP contribution in [0, 0.1) is 11.8 Å². The lowest BCUT2D eigenvalue weighted by Crippen LogP contribution is -2.61. The number of likely N-dealkylation sites (tertiary alicyclic amines) is 1. The van der Waals surface area contributed by atoms with Gasteiger partial charge in [0.25, 0.3) is 0 Å². The van der Waals surface area contributed by atoms with Gasteiger partial charge in [-0.2, -0.15) is 11.8 Å². The molecule has 1 heterocycles. The monoisotopic (exact) mass is 1060 g/mol. The SMILES string of the molecule is CC[C@H](C)[C@H](N)C(=O)N[C@@H](CCSC)C(=O)N[C@@H](C)C(=O)N[C@H](C(=O)N1CCC[C@H]1C(=O)N[C@@H](CCC(=O)O)C(=O)N[C@@H](CC(N)=O)C(=O)N[C@H](C(=O)NCC(=O)N[C@@H](CCCCN)C(=O)O)C(C)C)[C@@H](C)O. The molecule has 1 aliphatic rings. The second-order valence-corrected chi connectivity index (χ2v) is 19.3. The first-order valence-corrected chi connectivity index (χ1v) is 25.7. The molecule has 0 aromatic carbocycles. The van der Waals surface area contributed by atoms with E-state index in [0.29, 0.717) is 31.6 Å². The molecule has 0 unspecified atom stereocenters. The Balaban J connectivity index is 3.23. The van der Waals surface area contributed by atoms with E-state index in [1.165, 1.54) is 39.5 Å². The molecule has 0 radical (unpaired) electrons. The number of thioether (sulfide) groups is 1. The molecule has 1 rings (SSSR count). The molecule has 0 aliphatic carbocycles. The maximum absolute atomic E-state index is 14.0. The maximum atomic E-state index is 14.0. The number of carboxylic acid groups (broad SMARTS) is 2. The Morgan fingerprint density at radius 2 is 1.29 bits per heavy atom. The van der Waals surface area contributed by atoms with Gasteiger partial charge in [0, 0.05) is 13.0 Å². The van der Waals surface area contributed by atoms with Crippen molar-refractivity contribution in [1.82, 2.24) is 47.4 Å². The Morgan fingerprint density at radius 3 is 1.84 bits per heavy atom. The van der Waals surface area contributed by atoms with E-state index in [2.05, 4.69) is 42.5 Å². The number of nitrogens with zero attached hydrogens (tertiary/aromatic N) is 1. The molecule has 27 nitrogen and oxygen atoms in total. The fraction of sp³-hybridized carbons (Fsp3) is 0.733. The summed E-state index contributed by atoms with van der Waals surface area (Å²) in [6.45, 7) is 8.81. The fourth-order valence-electron chi connectivity index (χ4n) is 7.36. The van der Waals surface area contributed by atoms with Crippen molar-refractivity contribution in [3.8, 4) is 0 Å². The minimum Gasteiger partial charge on any atom is -0.481 e. The molecule has 0 bridgehead atoms. The quantitative estimate of drug-likeness (QED) is 0.0271. The van der Waals surface area contributed by atoms with Crippen molar-refractivity contribution in [3.05, 3.63) is 0 Å². The highest BCUT2D eigenvalue weighted by Crippen LogP contribution is 2.20. The van der Waals surface area contributed by atoms with Gasteiger partial charge >= 0.3 is 11.9 Å². The molecule has 28 heteroatoms. The summed E-state index contributed by atoms with van der Waals surface area (Å²) < 4.78 is 0. The highest BCUT2D eigenvalue weighted by atomic mass is 32.2. The Morgan fingerprint density at radius 1 is 0.699 bits per heavy atom. The Hall–Kier alpha value is -6.13. The van der Waals surface area contributed by atoms with E-state index in [0.717, 1.165) is 4.90 Å². The molecule has 11 atom stereocenters. The number of nitrogens with one attached hydrogen (secondary N) is 8. The normalized spacial score (nSPS) is 17.4. The first-order valence-electron chi connectivity index (χ1n) is 24.3. The molecule has 0 aromatic rings. The van der Waals surface area contributed by atoms with Crippen molar-refractivity contribution in [3.63, 3.8) is 0 Å². The number of carboxylic acids is 2. The topological polar surface area (TPSA) is 443 Å². The molecule has 414 valence electrons. The summed E-state index contributed by atoms with van der Waals surface area (Å²) in [7, 11) is 0. The van der Waals surface area contributed by atoms with Crippen molar-refractivity contribution in [2.24, 2.45) is 29.0 Å². The Bertz CT molecular complexity index is 1940. The van der Waals surface area contributed by atoms with E-state index in [4.69, 9.17) is 17.2 Å². The van der Waals surface area contributed by atoms with Gasteiger partial charge < -0.3 is 80.0 Å². The van der Waals surface area contributed by atoms with E-state index < -0.39 is 163 Å². The standard InChI is InChI=1S/C45H78N12O15S/c1-8-23(4)34(48)42(68)53-27(16-19-73-7)38(64)50-24(5)37(63)56-36(25(6)58)44(70)57-18-11-13-30(57)41(67)52-26(14-15-33(61)62)39(65)54-29(20-31(47)59)40(66)55-35(22(2)3)43(69)49-21-32(60)51-28(45(71)72)12-9-10-17-46/h22-30,34-36,58H,8-21,46,48H2,1-7H3,(H2,47,59)(H,49,69)(H,50,64)(H,51,60)(H,52,67)(H,53,68)(H,54,65)(H,55,66)(H,56,63)(H,61,62)(H,71,72)/t23-,24-,25+,26-,27-,28-,29-,30-,34-,35-,36-/m0/s1. The summed E-state index contributed by atoms with van der Waals surface area (Å²) >= 11 is 1.42. The summed E-state index contributed by atoms with van der Waals surface area (Å²) in [5.41, 5.74) is 16.9. The van der Waals surface area contributed by atoms with E-state index in [9.17, 15) is 72.9 Å². The van der Waals surface area contributed by atoms with Crippen LogP contribution in [-0.2, 0) is 57.5 Å². The van der Waals surface area contributed by atoms with Crippen LogP contribution >= 0.6 is 11.8 Å². The lowest BCUT2D eigenvalue weighted by molar-refractivity contribution is -0.144.